The summed E-state index contributed by atoms with van der Waals surface area (Å²) in [7, 11) is 0. The Kier molecular flexibility index (Phi) is 3.96. The molecule has 4 heteroatoms. The van der Waals surface area contributed by atoms with Crippen LogP contribution in [0, 0.1) is 0 Å². The highest BCUT2D eigenvalue weighted by Gasteiger charge is 2.37. The van der Waals surface area contributed by atoms with Crippen molar-refractivity contribution in [2.75, 3.05) is 5.75 Å². The number of rotatable bonds is 4. The van der Waals surface area contributed by atoms with Gasteiger partial charge < -0.3 is 4.98 Å². The highest BCUT2D eigenvalue weighted by molar-refractivity contribution is 7.99. The van der Waals surface area contributed by atoms with Crippen molar-refractivity contribution in [3.8, 4) is 11.3 Å². The van der Waals surface area contributed by atoms with Gasteiger partial charge in [0.25, 0.3) is 5.56 Å². The van der Waals surface area contributed by atoms with E-state index in [9.17, 15) is 4.79 Å². The zero-order valence-corrected chi connectivity index (χ0v) is 13.8. The number of aromatic amines is 1. The molecule has 3 nitrogen and oxygen atoms in total. The van der Waals surface area contributed by atoms with E-state index >= 15 is 0 Å². The summed E-state index contributed by atoms with van der Waals surface area (Å²) in [5, 5.41) is 0.666. The molecule has 1 heterocycles. The predicted octanol–water partition coefficient (Wildman–Crippen LogP) is 3.94. The minimum Gasteiger partial charge on any atom is -0.301 e. The lowest BCUT2D eigenvalue weighted by atomic mass is 9.69. The molecule has 0 saturated carbocycles. The average molecular weight is 312 g/mol. The molecule has 0 saturated heterocycles. The summed E-state index contributed by atoms with van der Waals surface area (Å²) in [4.78, 5) is 20.4. The monoisotopic (exact) mass is 312 g/mol. The van der Waals surface area contributed by atoms with Gasteiger partial charge in [0.15, 0.2) is 5.16 Å². The van der Waals surface area contributed by atoms with Gasteiger partial charge in [0.1, 0.15) is 0 Å². The van der Waals surface area contributed by atoms with Crippen molar-refractivity contribution in [1.82, 2.24) is 9.97 Å². The Morgan fingerprint density at radius 1 is 1.45 bits per heavy atom. The maximum Gasteiger partial charge on any atom is 0.255 e. The van der Waals surface area contributed by atoms with Crippen molar-refractivity contribution in [2.24, 2.45) is 0 Å². The number of thioether (sulfide) groups is 1. The van der Waals surface area contributed by atoms with Crippen LogP contribution in [0.1, 0.15) is 31.4 Å². The van der Waals surface area contributed by atoms with Crippen molar-refractivity contribution in [3.05, 3.63) is 58.4 Å². The average Bonchev–Trinajstić information content (AvgIpc) is 2.52. The molecule has 0 aliphatic heterocycles. The van der Waals surface area contributed by atoms with E-state index < -0.39 is 0 Å². The molecule has 0 bridgehead atoms. The minimum absolute atomic E-state index is 0.00425. The number of H-pyrrole nitrogens is 1. The summed E-state index contributed by atoms with van der Waals surface area (Å²) in [6, 6.07) is 8.28. The summed E-state index contributed by atoms with van der Waals surface area (Å²) in [5.74, 6) is 0.731. The molecule has 22 heavy (non-hydrogen) atoms. The first-order valence-corrected chi connectivity index (χ1v) is 8.54. The van der Waals surface area contributed by atoms with Gasteiger partial charge in [-0.3, -0.25) is 4.79 Å². The summed E-state index contributed by atoms with van der Waals surface area (Å²) < 4.78 is 0. The molecule has 1 aliphatic carbocycles. The Morgan fingerprint density at radius 2 is 2.23 bits per heavy atom. The lowest BCUT2D eigenvalue weighted by Crippen LogP contribution is -2.36. The molecule has 0 radical (unpaired) electrons. The van der Waals surface area contributed by atoms with E-state index in [0.29, 0.717) is 5.16 Å². The molecule has 1 atom stereocenters. The van der Waals surface area contributed by atoms with Gasteiger partial charge in [0.05, 0.1) is 5.69 Å². The van der Waals surface area contributed by atoms with E-state index in [1.807, 2.05) is 12.1 Å². The van der Waals surface area contributed by atoms with Crippen molar-refractivity contribution in [1.29, 1.82) is 0 Å². The van der Waals surface area contributed by atoms with Crippen LogP contribution in [-0.2, 0) is 11.8 Å². The topological polar surface area (TPSA) is 45.8 Å². The van der Waals surface area contributed by atoms with Crippen LogP contribution < -0.4 is 5.56 Å². The van der Waals surface area contributed by atoms with Crippen LogP contribution in [0.5, 0.6) is 0 Å². The second-order valence-electron chi connectivity index (χ2n) is 5.94. The summed E-state index contributed by atoms with van der Waals surface area (Å²) in [6.45, 7) is 8.02. The van der Waals surface area contributed by atoms with Crippen LogP contribution in [0.2, 0.25) is 0 Å². The fourth-order valence-corrected chi connectivity index (χ4v) is 3.73. The molecule has 114 valence electrons. The number of nitrogens with zero attached hydrogens (tertiary/aromatic N) is 1. The highest BCUT2D eigenvalue weighted by Crippen LogP contribution is 2.42. The molecule has 0 amide bonds. The lowest BCUT2D eigenvalue weighted by molar-refractivity contribution is 0.439. The number of fused-ring (bicyclic) bond motifs is 3. The van der Waals surface area contributed by atoms with Crippen LogP contribution in [0.4, 0.5) is 0 Å². The molecular weight excluding hydrogens is 292 g/mol. The Labute approximate surface area is 134 Å². The van der Waals surface area contributed by atoms with E-state index in [1.165, 1.54) is 17.3 Å². The number of aromatic nitrogens is 2. The van der Waals surface area contributed by atoms with Gasteiger partial charge in [-0.25, -0.2) is 4.98 Å². The first-order valence-electron chi connectivity index (χ1n) is 7.56. The molecule has 1 aromatic heterocycles. The third-order valence-electron chi connectivity index (χ3n) is 4.47. The standard InChI is InChI=1S/C18H20N2OS/c1-4-10-22-17-19-15-13-9-7-6-8-12(13)11-18(3,5-2)14(15)16(21)20-17/h4,6-9H,1,5,10-11H2,2-3H3,(H,19,20,21)/t18-/m1/s1. The van der Waals surface area contributed by atoms with Gasteiger partial charge in [-0.2, -0.15) is 0 Å². The van der Waals surface area contributed by atoms with Crippen LogP contribution in [0.25, 0.3) is 11.3 Å². The van der Waals surface area contributed by atoms with Crippen LogP contribution in [-0.4, -0.2) is 15.7 Å². The summed E-state index contributed by atoms with van der Waals surface area (Å²) >= 11 is 1.51. The van der Waals surface area contributed by atoms with Crippen LogP contribution >= 0.6 is 11.8 Å². The van der Waals surface area contributed by atoms with Crippen molar-refractivity contribution >= 4 is 11.8 Å². The van der Waals surface area contributed by atoms with Crippen molar-refractivity contribution in [3.63, 3.8) is 0 Å². The fraction of sp³-hybridized carbons (Fsp3) is 0.333. The normalized spacial score (nSPS) is 19.4. The molecule has 1 aromatic carbocycles. The maximum atomic E-state index is 12.7. The number of hydrogen-bond donors (Lipinski definition) is 1. The Bertz CT molecular complexity index is 781. The highest BCUT2D eigenvalue weighted by atomic mass is 32.2. The quantitative estimate of drug-likeness (QED) is 0.528. The van der Waals surface area contributed by atoms with Gasteiger partial charge in [0.2, 0.25) is 0 Å². The summed E-state index contributed by atoms with van der Waals surface area (Å²) in [6.07, 6.45) is 3.61. The number of nitrogens with one attached hydrogen (secondary N) is 1. The number of hydrogen-bond acceptors (Lipinski definition) is 3. The minimum atomic E-state index is -0.161. The van der Waals surface area contributed by atoms with E-state index in [-0.39, 0.29) is 11.0 Å². The Balaban J connectivity index is 2.25. The van der Waals surface area contributed by atoms with Gasteiger partial charge >= 0.3 is 0 Å². The van der Waals surface area contributed by atoms with Gasteiger partial charge in [-0.1, -0.05) is 56.0 Å². The van der Waals surface area contributed by atoms with Crippen molar-refractivity contribution in [2.45, 2.75) is 37.3 Å². The van der Waals surface area contributed by atoms with Gasteiger partial charge in [0, 0.05) is 22.3 Å². The maximum absolute atomic E-state index is 12.7. The summed E-state index contributed by atoms with van der Waals surface area (Å²) in [5.41, 5.74) is 3.88. The van der Waals surface area contributed by atoms with Crippen LogP contribution in [0.15, 0.2) is 46.9 Å². The van der Waals surface area contributed by atoms with Gasteiger partial charge in [-0.05, 0) is 18.4 Å². The fourth-order valence-electron chi connectivity index (χ4n) is 3.13. The molecule has 0 unspecified atom stereocenters. The second kappa shape index (κ2) is 5.76. The van der Waals surface area contributed by atoms with E-state index in [4.69, 9.17) is 4.98 Å². The Morgan fingerprint density at radius 3 is 2.95 bits per heavy atom. The SMILES string of the molecule is C=CCSc1nc2c(c(=O)[nH]1)[C@](C)(CC)Cc1ccccc1-2. The van der Waals surface area contributed by atoms with Crippen molar-refractivity contribution < 1.29 is 0 Å². The third kappa shape index (κ3) is 2.41. The zero-order valence-electron chi connectivity index (χ0n) is 13.0. The molecule has 1 N–H and O–H groups in total. The molecule has 3 rings (SSSR count). The van der Waals surface area contributed by atoms with Crippen LogP contribution in [0.3, 0.4) is 0 Å². The first-order chi connectivity index (χ1) is 10.6. The largest absolute Gasteiger partial charge is 0.301 e. The van der Waals surface area contributed by atoms with Gasteiger partial charge in [-0.15, -0.1) is 6.58 Å². The zero-order chi connectivity index (χ0) is 15.7. The Hall–Kier alpha value is -1.81. The molecule has 0 spiro atoms. The van der Waals surface area contributed by atoms with E-state index in [2.05, 4.69) is 43.6 Å². The predicted molar refractivity (Wildman–Crippen MR) is 92.6 cm³/mol. The lowest BCUT2D eigenvalue weighted by Gasteiger charge is -2.34. The first kappa shape index (κ1) is 15.1. The van der Waals surface area contributed by atoms with E-state index in [1.54, 1.807) is 0 Å². The molecule has 1 aliphatic rings. The van der Waals surface area contributed by atoms with E-state index in [0.717, 1.165) is 35.4 Å². The smallest absolute Gasteiger partial charge is 0.255 e. The molecule has 0 fully saturated rings. The number of benzene rings is 1. The third-order valence-corrected chi connectivity index (χ3v) is 5.34. The molecule has 2 aromatic rings. The molecular formula is C18H20N2OS. The second-order valence-corrected chi connectivity index (χ2v) is 6.95.